The molecule has 9 rings (SSSR count). The van der Waals surface area contributed by atoms with Crippen LogP contribution >= 0.6 is 33.8 Å². The van der Waals surface area contributed by atoms with Crippen LogP contribution in [0.1, 0.15) is 0 Å². The van der Waals surface area contributed by atoms with Crippen molar-refractivity contribution in [2.45, 2.75) is 0 Å². The molecule has 0 nitrogen and oxygen atoms in total. The van der Waals surface area contributed by atoms with E-state index in [2.05, 4.69) is 255 Å². The van der Waals surface area contributed by atoms with Crippen molar-refractivity contribution in [2.24, 2.45) is 0 Å². The van der Waals surface area contributed by atoms with E-state index >= 15 is 0 Å². The summed E-state index contributed by atoms with van der Waals surface area (Å²) in [5, 5.41) is 11.9. The van der Waals surface area contributed by atoms with Gasteiger partial charge in [0.05, 0.1) is 0 Å². The third-order valence-corrected chi connectivity index (χ3v) is 30.1. The van der Waals surface area contributed by atoms with Crippen molar-refractivity contribution >= 4 is 107 Å². The van der Waals surface area contributed by atoms with Crippen LogP contribution in [-0.4, -0.2) is 12.3 Å². The van der Waals surface area contributed by atoms with Gasteiger partial charge in [0.25, 0.3) is 0 Å². The molecule has 0 atom stereocenters. The molecular weight excluding hydrogens is 850 g/mol. The molecule has 0 fully saturated rings. The molecule has 0 spiro atoms. The number of hydrogen-bond donors (Lipinski definition) is 0. The van der Waals surface area contributed by atoms with Gasteiger partial charge in [0.2, 0.25) is 0 Å². The second-order valence-corrected chi connectivity index (χ2v) is 29.9. The van der Waals surface area contributed by atoms with Crippen LogP contribution in [0.15, 0.2) is 255 Å². The first-order valence-corrected chi connectivity index (χ1v) is 29.8. The Morgan fingerprint density at radius 1 is 0.220 bits per heavy atom. The van der Waals surface area contributed by atoms with Crippen LogP contribution in [0.4, 0.5) is 0 Å². The molecule has 5 heteroatoms. The van der Waals surface area contributed by atoms with Gasteiger partial charge >= 0.3 is 362 Å². The molecule has 0 aromatic heterocycles. The molecule has 0 saturated heterocycles. The Morgan fingerprint density at radius 3 is 0.593 bits per heavy atom. The van der Waals surface area contributed by atoms with Gasteiger partial charge < -0.3 is 0 Å². The van der Waals surface area contributed by atoms with E-state index in [9.17, 15) is 10.0 Å². The van der Waals surface area contributed by atoms with Crippen molar-refractivity contribution < 1.29 is 0 Å². The molecule has 0 aliphatic carbocycles. The van der Waals surface area contributed by atoms with Crippen molar-refractivity contribution in [1.29, 1.82) is 0 Å². The van der Waals surface area contributed by atoms with Crippen LogP contribution in [0, 0.1) is 0 Å². The first-order chi connectivity index (χ1) is 29.2. The predicted molar refractivity (Wildman–Crippen MR) is 266 cm³/mol. The zero-order valence-corrected chi connectivity index (χ0v) is 38.0. The Hall–Kier alpha value is -4.90. The Balaban J connectivity index is 1.39. The quantitative estimate of drug-likeness (QED) is 0.0859. The Labute approximate surface area is 359 Å². The molecule has 9 aromatic carbocycles. The Kier molecular flexibility index (Phi) is 12.5. The SMILES string of the molecule is [Cl][Ge]([c]1ccccc1P(c1ccccc1)c1ccccc1)([c]1ccccc1P(c1ccccc1)c1ccccc1)[c]1ccccc1P(c1ccccc1)c1ccccc1. The van der Waals surface area contributed by atoms with Gasteiger partial charge in [-0.05, 0) is 0 Å². The topological polar surface area (TPSA) is 0 Å². The maximum atomic E-state index is 9.21. The minimum atomic E-state index is -4.30. The Bertz CT molecular complexity index is 2310. The average molecular weight is 892 g/mol. The summed E-state index contributed by atoms with van der Waals surface area (Å²) in [6.07, 6.45) is 0. The molecule has 0 aliphatic rings. The molecule has 0 aliphatic heterocycles. The van der Waals surface area contributed by atoms with Gasteiger partial charge in [-0.15, -0.1) is 0 Å². The summed E-state index contributed by atoms with van der Waals surface area (Å²) in [5.74, 6) is 0. The fourth-order valence-electron chi connectivity index (χ4n) is 8.06. The maximum absolute atomic E-state index is 9.21. The molecule has 284 valence electrons. The summed E-state index contributed by atoms with van der Waals surface area (Å²) in [5.41, 5.74) is 0. The molecule has 0 saturated carbocycles. The second kappa shape index (κ2) is 18.6. The predicted octanol–water partition coefficient (Wildman–Crippen LogP) is 8.17. The number of hydrogen-bond acceptors (Lipinski definition) is 0. The van der Waals surface area contributed by atoms with E-state index in [1.165, 1.54) is 60.9 Å². The second-order valence-electron chi connectivity index (χ2n) is 14.2. The van der Waals surface area contributed by atoms with Crippen LogP contribution in [-0.2, 0) is 0 Å². The summed E-state index contributed by atoms with van der Waals surface area (Å²) in [4.78, 5) is 0. The summed E-state index contributed by atoms with van der Waals surface area (Å²) in [6.45, 7) is 0. The normalized spacial score (nSPS) is 11.6. The summed E-state index contributed by atoms with van der Waals surface area (Å²) in [6, 6.07) is 94.1. The molecule has 0 radical (unpaired) electrons. The standard InChI is InChI=1S/C54H42ClGeP3/c55-56(49-37-19-22-40-52(49)57(43-25-7-1-8-26-43)44-27-9-2-10-28-44,50-38-20-23-41-53(50)58(45-29-11-3-12-30-45)46-31-13-4-14-32-46)51-39-21-24-42-54(51)59(47-33-15-5-16-34-47)48-35-17-6-18-36-48/h1-42H. The first-order valence-electron chi connectivity index (χ1n) is 19.9. The van der Waals surface area contributed by atoms with E-state index in [0.717, 1.165) is 0 Å². The summed E-state index contributed by atoms with van der Waals surface area (Å²) in [7, 11) is 6.31. The van der Waals surface area contributed by atoms with Crippen LogP contribution in [0.5, 0.6) is 0 Å². The Morgan fingerprint density at radius 2 is 0.390 bits per heavy atom. The van der Waals surface area contributed by atoms with Gasteiger partial charge in [0.1, 0.15) is 0 Å². The summed E-state index contributed by atoms with van der Waals surface area (Å²) < 4.78 is 3.88. The molecule has 0 N–H and O–H groups in total. The fourth-order valence-corrected chi connectivity index (χ4v) is 30.0. The minimum absolute atomic E-state index is 0.964. The van der Waals surface area contributed by atoms with E-state index in [1.807, 2.05) is 0 Å². The molecule has 59 heavy (non-hydrogen) atoms. The fraction of sp³-hybridized carbons (Fsp3) is 0. The molecule has 0 amide bonds. The third kappa shape index (κ3) is 8.19. The molecular formula is C54H42ClGeP3. The first kappa shape index (κ1) is 39.6. The zero-order chi connectivity index (χ0) is 39.9. The average Bonchev–Trinajstić information content (AvgIpc) is 3.32. The van der Waals surface area contributed by atoms with E-state index in [1.54, 1.807) is 0 Å². The van der Waals surface area contributed by atoms with Crippen molar-refractivity contribution in [3.05, 3.63) is 255 Å². The van der Waals surface area contributed by atoms with Crippen molar-refractivity contribution in [3.8, 4) is 0 Å². The van der Waals surface area contributed by atoms with E-state index in [4.69, 9.17) is 0 Å². The number of halogens is 1. The van der Waals surface area contributed by atoms with Gasteiger partial charge in [-0.3, -0.25) is 0 Å². The zero-order valence-electron chi connectivity index (χ0n) is 32.5. The van der Waals surface area contributed by atoms with Gasteiger partial charge in [-0.1, -0.05) is 0 Å². The van der Waals surface area contributed by atoms with Crippen LogP contribution < -0.4 is 60.9 Å². The van der Waals surface area contributed by atoms with E-state index in [-0.39, 0.29) is 0 Å². The van der Waals surface area contributed by atoms with Crippen LogP contribution in [0.3, 0.4) is 0 Å². The van der Waals surface area contributed by atoms with Crippen molar-refractivity contribution in [1.82, 2.24) is 0 Å². The van der Waals surface area contributed by atoms with Gasteiger partial charge in [0.15, 0.2) is 0 Å². The van der Waals surface area contributed by atoms with E-state index < -0.39 is 36.1 Å². The summed E-state index contributed by atoms with van der Waals surface area (Å²) >= 11 is -4.30. The van der Waals surface area contributed by atoms with Gasteiger partial charge in [-0.25, -0.2) is 0 Å². The number of benzene rings is 9. The number of rotatable bonds is 12. The molecule has 0 unspecified atom stereocenters. The van der Waals surface area contributed by atoms with Gasteiger partial charge in [-0.2, -0.15) is 0 Å². The van der Waals surface area contributed by atoms with Crippen LogP contribution in [0.25, 0.3) is 0 Å². The third-order valence-electron chi connectivity index (χ3n) is 10.6. The van der Waals surface area contributed by atoms with Crippen molar-refractivity contribution in [2.75, 3.05) is 0 Å². The molecule has 9 aromatic rings. The van der Waals surface area contributed by atoms with Crippen LogP contribution in [0.2, 0.25) is 0 Å². The van der Waals surface area contributed by atoms with Gasteiger partial charge in [0, 0.05) is 0 Å². The van der Waals surface area contributed by atoms with E-state index in [0.29, 0.717) is 0 Å². The molecule has 0 heterocycles. The monoisotopic (exact) mass is 892 g/mol. The van der Waals surface area contributed by atoms with Crippen molar-refractivity contribution in [3.63, 3.8) is 0 Å². The molecule has 0 bridgehead atoms.